The largest absolute Gasteiger partial charge is 0.496 e. The second-order valence-corrected chi connectivity index (χ2v) is 6.36. The number of guanidine groups is 1. The zero-order chi connectivity index (χ0) is 18.9. The number of hydrogen-bond acceptors (Lipinski definition) is 4. The predicted molar refractivity (Wildman–Crippen MR) is 121 cm³/mol. The average molecular weight is 486 g/mol. The van der Waals surface area contributed by atoms with Gasteiger partial charge in [0.05, 0.1) is 26.0 Å². The highest BCUT2D eigenvalue weighted by Gasteiger charge is 2.17. The minimum Gasteiger partial charge on any atom is -0.496 e. The molecule has 0 radical (unpaired) electrons. The van der Waals surface area contributed by atoms with E-state index in [0.29, 0.717) is 13.1 Å². The van der Waals surface area contributed by atoms with Gasteiger partial charge < -0.3 is 19.4 Å². The van der Waals surface area contributed by atoms with Gasteiger partial charge in [-0.15, -0.1) is 24.0 Å². The van der Waals surface area contributed by atoms with Gasteiger partial charge in [0.1, 0.15) is 11.5 Å². The van der Waals surface area contributed by atoms with Crippen molar-refractivity contribution in [3.05, 3.63) is 54.0 Å². The van der Waals surface area contributed by atoms with Crippen molar-refractivity contribution in [2.24, 2.45) is 4.99 Å². The Morgan fingerprint density at radius 2 is 1.93 bits per heavy atom. The molecule has 1 unspecified atom stereocenters. The van der Waals surface area contributed by atoms with Crippen LogP contribution in [-0.2, 0) is 6.54 Å². The van der Waals surface area contributed by atoms with Crippen molar-refractivity contribution in [1.29, 1.82) is 0 Å². The van der Waals surface area contributed by atoms with E-state index in [2.05, 4.69) is 28.1 Å². The summed E-state index contributed by atoms with van der Waals surface area (Å²) in [5.74, 6) is 2.66. The molecular weight excluding hydrogens is 455 g/mol. The molecule has 7 heteroatoms. The summed E-state index contributed by atoms with van der Waals surface area (Å²) in [5, 5.41) is 3.37. The molecule has 1 N–H and O–H groups in total. The quantitative estimate of drug-likeness (QED) is 0.351. The van der Waals surface area contributed by atoms with Crippen LogP contribution in [0.4, 0.5) is 0 Å². The molecule has 0 aliphatic carbocycles. The van der Waals surface area contributed by atoms with Gasteiger partial charge in [0.15, 0.2) is 5.96 Å². The van der Waals surface area contributed by atoms with E-state index in [1.54, 1.807) is 13.4 Å². The minimum absolute atomic E-state index is 0. The summed E-state index contributed by atoms with van der Waals surface area (Å²) < 4.78 is 11.0. The second kappa shape index (κ2) is 11.9. The van der Waals surface area contributed by atoms with Gasteiger partial charge in [0.2, 0.25) is 0 Å². The molecule has 1 heterocycles. The van der Waals surface area contributed by atoms with Gasteiger partial charge in [-0.1, -0.05) is 18.2 Å². The molecule has 6 nitrogen and oxygen atoms in total. The number of ether oxygens (including phenoxy) is 1. The normalized spacial score (nSPS) is 12.4. The first kappa shape index (κ1) is 23.3. The van der Waals surface area contributed by atoms with Gasteiger partial charge in [-0.25, -0.2) is 0 Å². The summed E-state index contributed by atoms with van der Waals surface area (Å²) in [5.41, 5.74) is 1.12. The van der Waals surface area contributed by atoms with E-state index in [0.717, 1.165) is 29.6 Å². The fraction of sp³-hybridized carbons (Fsp3) is 0.450. The molecule has 2 aromatic rings. The Kier molecular flexibility index (Phi) is 10.2. The Balaban J connectivity index is 0.00000364. The van der Waals surface area contributed by atoms with Crippen LogP contribution in [0.1, 0.15) is 24.3 Å². The van der Waals surface area contributed by atoms with E-state index in [9.17, 15) is 0 Å². The lowest BCUT2D eigenvalue weighted by Crippen LogP contribution is -2.39. The van der Waals surface area contributed by atoms with Crippen LogP contribution in [0, 0.1) is 0 Å². The summed E-state index contributed by atoms with van der Waals surface area (Å²) in [6, 6.07) is 12.1. The molecule has 0 saturated carbocycles. The standard InChI is InChI=1S/C20H30N4O2.HI/c1-6-21-20(22-14-17(23(2)3)19-12-9-13-26-19)24(4)15-16-10-7-8-11-18(16)25-5;/h7-13,17H,6,14-15H2,1-5H3,(H,21,22);1H. The van der Waals surface area contributed by atoms with Crippen LogP contribution in [0.5, 0.6) is 5.75 Å². The van der Waals surface area contributed by atoms with Gasteiger partial charge in [0.25, 0.3) is 0 Å². The maximum absolute atomic E-state index is 5.57. The third kappa shape index (κ3) is 6.73. The van der Waals surface area contributed by atoms with E-state index < -0.39 is 0 Å². The Labute approximate surface area is 179 Å². The van der Waals surface area contributed by atoms with Crippen molar-refractivity contribution in [3.63, 3.8) is 0 Å². The smallest absolute Gasteiger partial charge is 0.194 e. The number of benzene rings is 1. The Bertz CT molecular complexity index is 689. The molecule has 0 bridgehead atoms. The number of likely N-dealkylation sites (N-methyl/N-ethyl adjacent to an activating group) is 1. The highest BCUT2D eigenvalue weighted by atomic mass is 127. The zero-order valence-corrected chi connectivity index (χ0v) is 19.1. The molecule has 2 rings (SSSR count). The average Bonchev–Trinajstić information content (AvgIpc) is 3.15. The van der Waals surface area contributed by atoms with Crippen molar-refractivity contribution >= 4 is 29.9 Å². The molecule has 150 valence electrons. The van der Waals surface area contributed by atoms with Crippen LogP contribution in [0.3, 0.4) is 0 Å². The van der Waals surface area contributed by atoms with Crippen LogP contribution >= 0.6 is 24.0 Å². The van der Waals surface area contributed by atoms with Crippen LogP contribution < -0.4 is 10.1 Å². The van der Waals surface area contributed by atoms with Crippen LogP contribution in [0.2, 0.25) is 0 Å². The minimum atomic E-state index is 0. The van der Waals surface area contributed by atoms with Crippen molar-refractivity contribution in [2.75, 3.05) is 41.3 Å². The predicted octanol–water partition coefficient (Wildman–Crippen LogP) is 3.61. The Hall–Kier alpha value is -1.74. The number of rotatable bonds is 8. The summed E-state index contributed by atoms with van der Waals surface area (Å²) in [6.45, 7) is 4.20. The van der Waals surface area contributed by atoms with Crippen molar-refractivity contribution < 1.29 is 9.15 Å². The van der Waals surface area contributed by atoms with Crippen molar-refractivity contribution in [1.82, 2.24) is 15.1 Å². The molecule has 0 aliphatic rings. The topological polar surface area (TPSA) is 53.2 Å². The van der Waals surface area contributed by atoms with E-state index in [-0.39, 0.29) is 30.0 Å². The number of nitrogens with one attached hydrogen (secondary N) is 1. The highest BCUT2D eigenvalue weighted by molar-refractivity contribution is 14.0. The summed E-state index contributed by atoms with van der Waals surface area (Å²) in [4.78, 5) is 9.06. The lowest BCUT2D eigenvalue weighted by Gasteiger charge is -2.25. The van der Waals surface area contributed by atoms with E-state index in [1.807, 2.05) is 51.5 Å². The number of halogens is 1. The van der Waals surface area contributed by atoms with Gasteiger partial charge >= 0.3 is 0 Å². The molecule has 1 aromatic heterocycles. The number of aliphatic imine (C=N–C) groups is 1. The molecular formula is C20H31IN4O2. The van der Waals surface area contributed by atoms with Gasteiger partial charge in [-0.2, -0.15) is 0 Å². The third-order valence-electron chi connectivity index (χ3n) is 4.21. The highest BCUT2D eigenvalue weighted by Crippen LogP contribution is 2.20. The van der Waals surface area contributed by atoms with E-state index in [4.69, 9.17) is 14.1 Å². The first-order valence-electron chi connectivity index (χ1n) is 8.88. The molecule has 1 atom stereocenters. The maximum atomic E-state index is 5.57. The van der Waals surface area contributed by atoms with Crippen LogP contribution in [0.25, 0.3) is 0 Å². The van der Waals surface area contributed by atoms with Gasteiger partial charge in [-0.3, -0.25) is 9.89 Å². The summed E-state index contributed by atoms with van der Waals surface area (Å²) in [7, 11) is 7.80. The molecule has 0 amide bonds. The third-order valence-corrected chi connectivity index (χ3v) is 4.21. The monoisotopic (exact) mass is 486 g/mol. The number of hydrogen-bond donors (Lipinski definition) is 1. The maximum Gasteiger partial charge on any atom is 0.194 e. The summed E-state index contributed by atoms with van der Waals surface area (Å²) in [6.07, 6.45) is 1.70. The fourth-order valence-corrected chi connectivity index (χ4v) is 2.80. The second-order valence-electron chi connectivity index (χ2n) is 6.36. The Morgan fingerprint density at radius 3 is 2.52 bits per heavy atom. The zero-order valence-electron chi connectivity index (χ0n) is 16.8. The molecule has 1 aromatic carbocycles. The summed E-state index contributed by atoms with van der Waals surface area (Å²) >= 11 is 0. The lowest BCUT2D eigenvalue weighted by molar-refractivity contribution is 0.264. The Morgan fingerprint density at radius 1 is 1.19 bits per heavy atom. The first-order chi connectivity index (χ1) is 12.6. The van der Waals surface area contributed by atoms with E-state index >= 15 is 0 Å². The van der Waals surface area contributed by atoms with Gasteiger partial charge in [0, 0.05) is 25.7 Å². The SMILES string of the molecule is CCNC(=NCC(c1ccco1)N(C)C)N(C)Cc1ccccc1OC.I. The molecule has 0 saturated heterocycles. The van der Waals surface area contributed by atoms with E-state index in [1.165, 1.54) is 0 Å². The van der Waals surface area contributed by atoms with Crippen LogP contribution in [0.15, 0.2) is 52.1 Å². The van der Waals surface area contributed by atoms with Gasteiger partial charge in [-0.05, 0) is 39.2 Å². The first-order valence-corrected chi connectivity index (χ1v) is 8.88. The molecule has 27 heavy (non-hydrogen) atoms. The van der Waals surface area contributed by atoms with Crippen molar-refractivity contribution in [3.8, 4) is 5.75 Å². The van der Waals surface area contributed by atoms with Crippen LogP contribution in [-0.4, -0.2) is 57.1 Å². The number of furan rings is 1. The number of nitrogens with zero attached hydrogens (tertiary/aromatic N) is 3. The molecule has 0 aliphatic heterocycles. The fourth-order valence-electron chi connectivity index (χ4n) is 2.80. The molecule has 0 fully saturated rings. The lowest BCUT2D eigenvalue weighted by atomic mass is 10.2. The molecule has 0 spiro atoms. The van der Waals surface area contributed by atoms with Crippen molar-refractivity contribution in [2.45, 2.75) is 19.5 Å². The number of methoxy groups -OCH3 is 1. The number of para-hydroxylation sites is 1.